The van der Waals surface area contributed by atoms with E-state index >= 15 is 0 Å². The second-order valence-corrected chi connectivity index (χ2v) is 8.37. The molecule has 0 spiro atoms. The maximum atomic E-state index is 14.6. The number of carbonyl (C=O) groups is 2. The van der Waals surface area contributed by atoms with Gasteiger partial charge in [0.05, 0.1) is 5.56 Å². The van der Waals surface area contributed by atoms with Crippen LogP contribution in [0.25, 0.3) is 4.85 Å². The van der Waals surface area contributed by atoms with Crippen molar-refractivity contribution in [2.24, 2.45) is 5.92 Å². The first-order chi connectivity index (χ1) is 13.0. The van der Waals surface area contributed by atoms with Gasteiger partial charge in [-0.05, 0) is 49.3 Å². The number of ketones is 1. The Hall–Kier alpha value is -2.22. The Balaban J connectivity index is 1.53. The Morgan fingerprint density at radius 2 is 1.96 bits per heavy atom. The van der Waals surface area contributed by atoms with Crippen LogP contribution < -0.4 is 0 Å². The molecule has 0 bridgehead atoms. The molecule has 3 aliphatic rings. The van der Waals surface area contributed by atoms with Crippen LogP contribution in [0.15, 0.2) is 18.2 Å². The third kappa shape index (κ3) is 3.38. The lowest BCUT2D eigenvalue weighted by molar-refractivity contribution is -0.178. The van der Waals surface area contributed by atoms with Crippen molar-refractivity contribution in [2.75, 3.05) is 0 Å². The minimum absolute atomic E-state index is 0.0487. The highest BCUT2D eigenvalue weighted by atomic mass is 19.1. The highest BCUT2D eigenvalue weighted by molar-refractivity contribution is 5.98. The molecule has 0 aromatic heterocycles. The molecule has 1 unspecified atom stereocenters. The molecule has 4 rings (SSSR count). The summed E-state index contributed by atoms with van der Waals surface area (Å²) >= 11 is 0. The van der Waals surface area contributed by atoms with Crippen molar-refractivity contribution in [1.29, 1.82) is 0 Å². The van der Waals surface area contributed by atoms with E-state index < -0.39 is 17.1 Å². The van der Waals surface area contributed by atoms with Gasteiger partial charge in [0.15, 0.2) is 0 Å². The van der Waals surface area contributed by atoms with Gasteiger partial charge in [-0.15, -0.1) is 0 Å². The Morgan fingerprint density at radius 1 is 1.22 bits per heavy atom. The van der Waals surface area contributed by atoms with Crippen molar-refractivity contribution in [2.45, 2.75) is 75.3 Å². The Labute approximate surface area is 158 Å². The lowest BCUT2D eigenvalue weighted by Crippen LogP contribution is -2.48. The smallest absolute Gasteiger partial charge is 0.313 e. The van der Waals surface area contributed by atoms with Gasteiger partial charge in [0.25, 0.3) is 5.54 Å². The van der Waals surface area contributed by atoms with Crippen molar-refractivity contribution in [3.63, 3.8) is 0 Å². The van der Waals surface area contributed by atoms with Crippen LogP contribution >= 0.6 is 0 Å². The lowest BCUT2D eigenvalue weighted by Gasteiger charge is -2.41. The summed E-state index contributed by atoms with van der Waals surface area (Å²) in [6, 6.07) is 5.11. The Kier molecular flexibility index (Phi) is 4.53. The van der Waals surface area contributed by atoms with E-state index in [1.165, 1.54) is 6.07 Å². The summed E-state index contributed by atoms with van der Waals surface area (Å²) in [7, 11) is 0. The summed E-state index contributed by atoms with van der Waals surface area (Å²) in [4.78, 5) is 27.7. The highest BCUT2D eigenvalue weighted by Crippen LogP contribution is 2.50. The minimum Gasteiger partial charge on any atom is -0.458 e. The van der Waals surface area contributed by atoms with Crippen molar-refractivity contribution in [3.8, 4) is 0 Å². The number of benzene rings is 1. The van der Waals surface area contributed by atoms with Gasteiger partial charge in [0.2, 0.25) is 0 Å². The molecule has 2 aliphatic carbocycles. The summed E-state index contributed by atoms with van der Waals surface area (Å²) in [5, 5.41) is 0. The standard InChI is InChI=1S/C22H24FNO3/c1-24-21(10-11-21)18-7-6-15(12-19(18)23)8-9-22(16-4-2-3-5-16)14-17(25)13-20(26)27-22/h6-7,12,16H,2-5,8-11,13-14H2. The van der Waals surface area contributed by atoms with E-state index in [2.05, 4.69) is 4.85 Å². The van der Waals surface area contributed by atoms with E-state index in [-0.39, 0.29) is 30.4 Å². The number of aryl methyl sites for hydroxylation is 1. The Bertz CT molecular complexity index is 799. The van der Waals surface area contributed by atoms with E-state index in [0.717, 1.165) is 44.1 Å². The van der Waals surface area contributed by atoms with E-state index in [9.17, 15) is 14.0 Å². The molecule has 4 nitrogen and oxygen atoms in total. The van der Waals surface area contributed by atoms with E-state index in [4.69, 9.17) is 11.3 Å². The molecule has 2 saturated carbocycles. The predicted molar refractivity (Wildman–Crippen MR) is 97.3 cm³/mol. The monoisotopic (exact) mass is 369 g/mol. The van der Waals surface area contributed by atoms with Crippen LogP contribution in [0, 0.1) is 18.3 Å². The normalized spacial score (nSPS) is 27.3. The quantitative estimate of drug-likeness (QED) is 0.436. The van der Waals surface area contributed by atoms with Crippen LogP contribution in [0.4, 0.5) is 4.39 Å². The number of carbonyl (C=O) groups excluding carboxylic acids is 2. The molecular formula is C22H24FNO3. The van der Waals surface area contributed by atoms with Gasteiger partial charge >= 0.3 is 5.97 Å². The van der Waals surface area contributed by atoms with Gasteiger partial charge in [-0.2, -0.15) is 0 Å². The molecule has 1 aromatic rings. The lowest BCUT2D eigenvalue weighted by atomic mass is 9.76. The Morgan fingerprint density at radius 3 is 2.56 bits per heavy atom. The largest absolute Gasteiger partial charge is 0.458 e. The average molecular weight is 369 g/mol. The number of esters is 1. The summed E-state index contributed by atoms with van der Waals surface area (Å²) in [6.07, 6.45) is 6.83. The molecular weight excluding hydrogens is 345 g/mol. The highest BCUT2D eigenvalue weighted by Gasteiger charge is 2.54. The summed E-state index contributed by atoms with van der Waals surface area (Å²) in [6.45, 7) is 7.31. The second-order valence-electron chi connectivity index (χ2n) is 8.37. The van der Waals surface area contributed by atoms with Gasteiger partial charge in [0, 0.05) is 19.3 Å². The van der Waals surface area contributed by atoms with Gasteiger partial charge in [-0.1, -0.05) is 18.9 Å². The zero-order valence-electron chi connectivity index (χ0n) is 15.4. The molecule has 1 atom stereocenters. The first-order valence-corrected chi connectivity index (χ1v) is 9.87. The fraction of sp³-hybridized carbons (Fsp3) is 0.591. The topological polar surface area (TPSA) is 47.7 Å². The van der Waals surface area contributed by atoms with Crippen molar-refractivity contribution >= 4 is 11.8 Å². The van der Waals surface area contributed by atoms with Crippen LogP contribution in [0.5, 0.6) is 0 Å². The number of ether oxygens (including phenoxy) is 1. The van der Waals surface area contributed by atoms with Crippen LogP contribution in [-0.2, 0) is 26.3 Å². The number of rotatable bonds is 5. The first-order valence-electron chi connectivity index (χ1n) is 9.87. The van der Waals surface area contributed by atoms with Crippen LogP contribution in [-0.4, -0.2) is 17.4 Å². The fourth-order valence-corrected chi connectivity index (χ4v) is 4.89. The first kappa shape index (κ1) is 18.2. The van der Waals surface area contributed by atoms with Crippen molar-refractivity contribution in [3.05, 3.63) is 46.6 Å². The van der Waals surface area contributed by atoms with Crippen LogP contribution in [0.2, 0.25) is 0 Å². The molecule has 1 saturated heterocycles. The third-order valence-electron chi connectivity index (χ3n) is 6.56. The van der Waals surface area contributed by atoms with Gasteiger partial charge in [-0.3, -0.25) is 9.59 Å². The summed E-state index contributed by atoms with van der Waals surface area (Å²) in [5.74, 6) is -0.584. The zero-order chi connectivity index (χ0) is 19.1. The van der Waals surface area contributed by atoms with Crippen molar-refractivity contribution in [1.82, 2.24) is 0 Å². The predicted octanol–water partition coefficient (Wildman–Crippen LogP) is 4.50. The van der Waals surface area contributed by atoms with E-state index in [1.807, 2.05) is 6.07 Å². The van der Waals surface area contributed by atoms with Crippen molar-refractivity contribution < 1.29 is 18.7 Å². The third-order valence-corrected chi connectivity index (χ3v) is 6.56. The second kappa shape index (κ2) is 6.74. The van der Waals surface area contributed by atoms with Gasteiger partial charge in [-0.25, -0.2) is 11.0 Å². The summed E-state index contributed by atoms with van der Waals surface area (Å²) < 4.78 is 20.4. The number of hydrogen-bond acceptors (Lipinski definition) is 3. The number of halogens is 1. The fourth-order valence-electron chi connectivity index (χ4n) is 4.89. The molecule has 3 fully saturated rings. The van der Waals surface area contributed by atoms with E-state index in [1.54, 1.807) is 6.07 Å². The SMILES string of the molecule is [C-]#[N+]C1(c2ccc(CCC3(C4CCCC4)CC(=O)CC(=O)O3)cc2F)CC1. The average Bonchev–Trinajstić information content (AvgIpc) is 3.21. The molecule has 142 valence electrons. The number of Topliss-reactive ketones (excluding diaryl/α,β-unsaturated/α-hetero) is 1. The number of hydrogen-bond donors (Lipinski definition) is 0. The molecule has 1 aromatic carbocycles. The molecule has 0 radical (unpaired) electrons. The number of nitrogens with zero attached hydrogens (tertiary/aromatic N) is 1. The number of cyclic esters (lactones) is 1. The van der Waals surface area contributed by atoms with Gasteiger partial charge < -0.3 is 9.58 Å². The minimum atomic E-state index is -0.730. The zero-order valence-corrected chi connectivity index (χ0v) is 15.4. The molecule has 5 heteroatoms. The maximum Gasteiger partial charge on any atom is 0.313 e. The van der Waals surface area contributed by atoms with Gasteiger partial charge in [0.1, 0.15) is 23.6 Å². The van der Waals surface area contributed by atoms with E-state index in [0.29, 0.717) is 18.4 Å². The van der Waals surface area contributed by atoms with Crippen LogP contribution in [0.3, 0.4) is 0 Å². The molecule has 1 heterocycles. The molecule has 0 N–H and O–H groups in total. The van der Waals surface area contributed by atoms with Crippen LogP contribution in [0.1, 0.15) is 68.9 Å². The molecule has 0 amide bonds. The summed E-state index contributed by atoms with van der Waals surface area (Å²) in [5.41, 5.74) is -0.0693. The molecule has 1 aliphatic heterocycles. The molecule has 27 heavy (non-hydrogen) atoms. The maximum absolute atomic E-state index is 14.6.